The van der Waals surface area contributed by atoms with Crippen LogP contribution in [0, 0.1) is 5.82 Å². The van der Waals surface area contributed by atoms with Crippen molar-refractivity contribution in [1.82, 2.24) is 14.8 Å². The molecule has 0 aliphatic rings. The monoisotopic (exact) mass is 408 g/mol. The van der Waals surface area contributed by atoms with Gasteiger partial charge in [0.15, 0.2) is 5.82 Å². The number of halogens is 1. The largest absolute Gasteiger partial charge is 0.319 e. The Morgan fingerprint density at radius 1 is 0.806 bits per heavy atom. The molecular formula is C25H17FN4O. The van der Waals surface area contributed by atoms with Crippen LogP contribution in [0.15, 0.2) is 97.1 Å². The van der Waals surface area contributed by atoms with Gasteiger partial charge in [-0.1, -0.05) is 48.5 Å². The van der Waals surface area contributed by atoms with Crippen molar-refractivity contribution >= 4 is 22.4 Å². The number of benzene rings is 4. The first-order chi connectivity index (χ1) is 15.2. The number of hydrogen-bond donors (Lipinski definition) is 1. The molecule has 0 aliphatic carbocycles. The number of nitrogens with zero attached hydrogens (tertiary/aromatic N) is 3. The molecule has 0 bridgehead atoms. The van der Waals surface area contributed by atoms with E-state index in [4.69, 9.17) is 0 Å². The molecule has 150 valence electrons. The smallest absolute Gasteiger partial charge is 0.295 e. The molecule has 0 fully saturated rings. The molecule has 0 radical (unpaired) electrons. The standard InChI is InChI=1S/C25H17FN4O/c26-20-13-10-18(11-14-20)24-28-23(29-30(24)22-8-2-1-3-9-22)25(31)27-21-15-12-17-6-4-5-7-19(17)16-21/h1-16H,(H,27,31). The van der Waals surface area contributed by atoms with Gasteiger partial charge in [-0.15, -0.1) is 5.10 Å². The van der Waals surface area contributed by atoms with Gasteiger partial charge in [-0.25, -0.2) is 14.1 Å². The van der Waals surface area contributed by atoms with Crippen LogP contribution in [0.5, 0.6) is 0 Å². The van der Waals surface area contributed by atoms with Crippen LogP contribution in [0.25, 0.3) is 27.8 Å². The van der Waals surface area contributed by atoms with E-state index < -0.39 is 5.91 Å². The zero-order valence-corrected chi connectivity index (χ0v) is 16.4. The summed E-state index contributed by atoms with van der Waals surface area (Å²) in [5.41, 5.74) is 2.06. The van der Waals surface area contributed by atoms with Crippen molar-refractivity contribution in [2.75, 3.05) is 5.32 Å². The Bertz CT molecular complexity index is 1380. The summed E-state index contributed by atoms with van der Waals surface area (Å²) >= 11 is 0. The molecular weight excluding hydrogens is 391 g/mol. The van der Waals surface area contributed by atoms with Crippen molar-refractivity contribution in [3.05, 3.63) is 109 Å². The Balaban J connectivity index is 1.52. The summed E-state index contributed by atoms with van der Waals surface area (Å²) in [5, 5.41) is 9.41. The Kier molecular flexibility index (Phi) is 4.72. The molecule has 1 aromatic heterocycles. The fourth-order valence-corrected chi connectivity index (χ4v) is 3.40. The average Bonchev–Trinajstić information content (AvgIpc) is 3.26. The van der Waals surface area contributed by atoms with E-state index >= 15 is 0 Å². The molecule has 0 aliphatic heterocycles. The van der Waals surface area contributed by atoms with Crippen LogP contribution in [-0.4, -0.2) is 20.7 Å². The lowest BCUT2D eigenvalue weighted by atomic mass is 10.1. The number of para-hydroxylation sites is 1. The number of anilines is 1. The molecule has 1 heterocycles. The maximum absolute atomic E-state index is 13.4. The topological polar surface area (TPSA) is 59.8 Å². The van der Waals surface area contributed by atoms with E-state index in [0.29, 0.717) is 17.1 Å². The quantitative estimate of drug-likeness (QED) is 0.428. The fraction of sp³-hybridized carbons (Fsp3) is 0. The molecule has 0 atom stereocenters. The van der Waals surface area contributed by atoms with E-state index in [1.807, 2.05) is 72.8 Å². The Labute approximate surface area is 177 Å². The normalized spacial score (nSPS) is 10.9. The highest BCUT2D eigenvalue weighted by Crippen LogP contribution is 2.23. The van der Waals surface area contributed by atoms with Crippen LogP contribution in [0.1, 0.15) is 10.6 Å². The van der Waals surface area contributed by atoms with Crippen LogP contribution in [-0.2, 0) is 0 Å². The van der Waals surface area contributed by atoms with Crippen molar-refractivity contribution < 1.29 is 9.18 Å². The fourth-order valence-electron chi connectivity index (χ4n) is 3.40. The number of aromatic nitrogens is 3. The third-order valence-electron chi connectivity index (χ3n) is 4.92. The maximum Gasteiger partial charge on any atom is 0.295 e. The minimum Gasteiger partial charge on any atom is -0.319 e. The summed E-state index contributed by atoms with van der Waals surface area (Å²) in [6.45, 7) is 0. The number of carbonyl (C=O) groups excluding carboxylic acids is 1. The van der Waals surface area contributed by atoms with Gasteiger partial charge in [0.25, 0.3) is 5.91 Å². The molecule has 1 N–H and O–H groups in total. The van der Waals surface area contributed by atoms with Crippen LogP contribution in [0.2, 0.25) is 0 Å². The zero-order chi connectivity index (χ0) is 21.2. The Hall–Kier alpha value is -4.32. The molecule has 1 amide bonds. The lowest BCUT2D eigenvalue weighted by molar-refractivity contribution is 0.101. The van der Waals surface area contributed by atoms with Gasteiger partial charge in [0, 0.05) is 11.3 Å². The zero-order valence-electron chi connectivity index (χ0n) is 16.4. The van der Waals surface area contributed by atoms with Crippen LogP contribution < -0.4 is 5.32 Å². The first-order valence-corrected chi connectivity index (χ1v) is 9.76. The number of rotatable bonds is 4. The van der Waals surface area contributed by atoms with Crippen LogP contribution in [0.3, 0.4) is 0 Å². The summed E-state index contributed by atoms with van der Waals surface area (Å²) in [7, 11) is 0. The predicted octanol–water partition coefficient (Wildman–Crippen LogP) is 5.48. The minimum atomic E-state index is -0.423. The van der Waals surface area contributed by atoms with E-state index in [-0.39, 0.29) is 11.6 Å². The molecule has 0 spiro atoms. The first kappa shape index (κ1) is 18.7. The molecule has 5 aromatic rings. The maximum atomic E-state index is 13.4. The summed E-state index contributed by atoms with van der Waals surface area (Å²) in [6, 6.07) is 28.9. The second-order valence-corrected chi connectivity index (χ2v) is 7.03. The molecule has 0 saturated carbocycles. The van der Waals surface area contributed by atoms with Crippen molar-refractivity contribution in [3.63, 3.8) is 0 Å². The Morgan fingerprint density at radius 3 is 2.29 bits per heavy atom. The summed E-state index contributed by atoms with van der Waals surface area (Å²) in [5.74, 6) is -0.289. The lowest BCUT2D eigenvalue weighted by Gasteiger charge is -2.05. The van der Waals surface area contributed by atoms with Gasteiger partial charge in [0.1, 0.15) is 5.82 Å². The highest BCUT2D eigenvalue weighted by molar-refractivity contribution is 6.03. The number of hydrogen-bond acceptors (Lipinski definition) is 3. The molecule has 4 aromatic carbocycles. The predicted molar refractivity (Wildman–Crippen MR) is 119 cm³/mol. The van der Waals surface area contributed by atoms with E-state index in [9.17, 15) is 9.18 Å². The van der Waals surface area contributed by atoms with Gasteiger partial charge in [0.2, 0.25) is 5.82 Å². The third-order valence-corrected chi connectivity index (χ3v) is 4.92. The van der Waals surface area contributed by atoms with Crippen molar-refractivity contribution in [1.29, 1.82) is 0 Å². The first-order valence-electron chi connectivity index (χ1n) is 9.76. The SMILES string of the molecule is O=C(Nc1ccc2ccccc2c1)c1nc(-c2ccc(F)cc2)n(-c2ccccc2)n1. The van der Waals surface area contributed by atoms with E-state index in [0.717, 1.165) is 16.5 Å². The van der Waals surface area contributed by atoms with Crippen molar-refractivity contribution in [2.24, 2.45) is 0 Å². The van der Waals surface area contributed by atoms with Gasteiger partial charge in [0.05, 0.1) is 5.69 Å². The van der Waals surface area contributed by atoms with E-state index in [1.165, 1.54) is 12.1 Å². The van der Waals surface area contributed by atoms with Gasteiger partial charge >= 0.3 is 0 Å². The second kappa shape index (κ2) is 7.84. The van der Waals surface area contributed by atoms with Gasteiger partial charge in [-0.3, -0.25) is 4.79 Å². The summed E-state index contributed by atoms with van der Waals surface area (Å²) in [6.07, 6.45) is 0. The van der Waals surface area contributed by atoms with Gasteiger partial charge in [-0.05, 0) is 59.3 Å². The number of amides is 1. The Morgan fingerprint density at radius 2 is 1.52 bits per heavy atom. The number of carbonyl (C=O) groups is 1. The number of nitrogens with one attached hydrogen (secondary N) is 1. The second-order valence-electron chi connectivity index (χ2n) is 7.03. The number of fused-ring (bicyclic) bond motifs is 1. The summed E-state index contributed by atoms with van der Waals surface area (Å²) < 4.78 is 15.0. The summed E-state index contributed by atoms with van der Waals surface area (Å²) in [4.78, 5) is 17.4. The molecule has 0 saturated heterocycles. The van der Waals surface area contributed by atoms with E-state index in [1.54, 1.807) is 16.8 Å². The van der Waals surface area contributed by atoms with Crippen LogP contribution >= 0.6 is 0 Å². The molecule has 6 heteroatoms. The van der Waals surface area contributed by atoms with Gasteiger partial charge in [-0.2, -0.15) is 0 Å². The highest BCUT2D eigenvalue weighted by Gasteiger charge is 2.19. The highest BCUT2D eigenvalue weighted by atomic mass is 19.1. The van der Waals surface area contributed by atoms with E-state index in [2.05, 4.69) is 15.4 Å². The molecule has 5 nitrogen and oxygen atoms in total. The molecule has 0 unspecified atom stereocenters. The van der Waals surface area contributed by atoms with Crippen molar-refractivity contribution in [2.45, 2.75) is 0 Å². The van der Waals surface area contributed by atoms with Crippen molar-refractivity contribution in [3.8, 4) is 17.1 Å². The minimum absolute atomic E-state index is 0.0244. The lowest BCUT2D eigenvalue weighted by Crippen LogP contribution is -2.14. The van der Waals surface area contributed by atoms with Crippen LogP contribution in [0.4, 0.5) is 10.1 Å². The van der Waals surface area contributed by atoms with Gasteiger partial charge < -0.3 is 5.32 Å². The average molecular weight is 408 g/mol. The molecule has 5 rings (SSSR count). The third kappa shape index (κ3) is 3.79. The molecule has 31 heavy (non-hydrogen) atoms.